The van der Waals surface area contributed by atoms with Gasteiger partial charge in [0.05, 0.1) is 16.7 Å². The molecule has 1 aliphatic heterocycles. The van der Waals surface area contributed by atoms with E-state index >= 15 is 0 Å². The van der Waals surface area contributed by atoms with Crippen LogP contribution in [0.2, 0.25) is 13.1 Å². The predicted molar refractivity (Wildman–Crippen MR) is 202 cm³/mol. The number of benzene rings is 6. The second-order valence-electron chi connectivity index (χ2n) is 13.0. The Morgan fingerprint density at radius 2 is 1.30 bits per heavy atom. The first-order valence-electron chi connectivity index (χ1n) is 16.1. The van der Waals surface area contributed by atoms with Gasteiger partial charge in [-0.2, -0.15) is 0 Å². The van der Waals surface area contributed by atoms with Gasteiger partial charge in [0.2, 0.25) is 0 Å². The summed E-state index contributed by atoms with van der Waals surface area (Å²) in [6, 6.07) is 50.6. The zero-order chi connectivity index (χ0) is 31.3. The van der Waals surface area contributed by atoms with Crippen LogP contribution in [-0.2, 0) is 0 Å². The Morgan fingerprint density at radius 3 is 2.19 bits per heavy atom. The number of rotatable bonds is 3. The molecule has 0 N–H and O–H groups in total. The Bertz CT molecular complexity index is 2720. The molecule has 0 saturated carbocycles. The highest BCUT2D eigenvalue weighted by Gasteiger charge is 2.41. The van der Waals surface area contributed by atoms with Crippen molar-refractivity contribution in [1.29, 1.82) is 0 Å². The predicted octanol–water partition coefficient (Wildman–Crippen LogP) is 10.1. The summed E-state index contributed by atoms with van der Waals surface area (Å²) in [5.74, 6) is 0.793. The van der Waals surface area contributed by atoms with Crippen LogP contribution in [-0.4, -0.2) is 22.6 Å². The molecule has 0 amide bonds. The van der Waals surface area contributed by atoms with Crippen LogP contribution in [0.5, 0.6) is 0 Å². The summed E-state index contributed by atoms with van der Waals surface area (Å²) < 4.78 is 5.09. The van der Waals surface area contributed by atoms with Crippen molar-refractivity contribution in [3.8, 4) is 39.5 Å². The lowest BCUT2D eigenvalue weighted by Crippen LogP contribution is -2.50. The van der Waals surface area contributed by atoms with E-state index in [2.05, 4.69) is 151 Å². The summed E-state index contributed by atoms with van der Waals surface area (Å²) in [4.78, 5) is 10.7. The average Bonchev–Trinajstić information content (AvgIpc) is 3.72. The highest BCUT2D eigenvalue weighted by Crippen LogP contribution is 2.42. The van der Waals surface area contributed by atoms with Crippen molar-refractivity contribution < 1.29 is 0 Å². The molecular weight excluding hydrogens is 607 g/mol. The van der Waals surface area contributed by atoms with E-state index < -0.39 is 8.07 Å². The zero-order valence-electron chi connectivity index (χ0n) is 26.0. The molecule has 3 nitrogen and oxygen atoms in total. The maximum atomic E-state index is 5.37. The molecule has 4 heterocycles. The molecule has 222 valence electrons. The smallest absolute Gasteiger partial charge is 0.159 e. The number of para-hydroxylation sites is 1. The number of thiophene rings is 1. The summed E-state index contributed by atoms with van der Waals surface area (Å²) in [6.45, 7) is 4.85. The minimum Gasteiger partial charge on any atom is -0.309 e. The van der Waals surface area contributed by atoms with E-state index in [0.29, 0.717) is 0 Å². The van der Waals surface area contributed by atoms with Crippen molar-refractivity contribution in [2.45, 2.75) is 13.1 Å². The monoisotopic (exact) mass is 635 g/mol. The number of nitrogens with zero attached hydrogens (tertiary/aromatic N) is 3. The van der Waals surface area contributed by atoms with Crippen LogP contribution >= 0.6 is 11.3 Å². The summed E-state index contributed by atoms with van der Waals surface area (Å²) in [5, 5.41) is 7.82. The quantitative estimate of drug-likeness (QED) is 0.181. The van der Waals surface area contributed by atoms with Gasteiger partial charge < -0.3 is 4.57 Å². The summed E-state index contributed by atoms with van der Waals surface area (Å²) in [5.41, 5.74) is 9.19. The third-order valence-electron chi connectivity index (χ3n) is 9.95. The zero-order valence-corrected chi connectivity index (χ0v) is 27.8. The van der Waals surface area contributed by atoms with Gasteiger partial charge in [0.25, 0.3) is 0 Å². The topological polar surface area (TPSA) is 30.7 Å². The molecule has 0 fully saturated rings. The summed E-state index contributed by atoms with van der Waals surface area (Å²) in [6.07, 6.45) is 0. The van der Waals surface area contributed by atoms with Gasteiger partial charge in [-0.3, -0.25) is 0 Å². The lowest BCUT2D eigenvalue weighted by atomic mass is 10.00. The molecule has 0 saturated heterocycles. The Labute approximate surface area is 277 Å². The van der Waals surface area contributed by atoms with Gasteiger partial charge in [-0.05, 0) is 47.1 Å². The van der Waals surface area contributed by atoms with Crippen molar-refractivity contribution >= 4 is 71.9 Å². The second-order valence-corrected chi connectivity index (χ2v) is 18.4. The molecule has 0 radical (unpaired) electrons. The van der Waals surface area contributed by atoms with Crippen LogP contribution < -0.4 is 10.5 Å². The molecular formula is C42H29N3SSi. The van der Waals surface area contributed by atoms with Crippen LogP contribution in [0.4, 0.5) is 0 Å². The fourth-order valence-corrected chi connectivity index (χ4v) is 11.8. The fraction of sp³-hybridized carbons (Fsp3) is 0.0476. The average molecular weight is 636 g/mol. The fourth-order valence-electron chi connectivity index (χ4n) is 7.72. The SMILES string of the molecule is C[Si]1(C)c2ccccc2-c2c(-c3cccc(-n4c5ccccc5c5cc6sc7ccccc7c6cc54)c3)nc(-c3ccccc3)nc21. The first kappa shape index (κ1) is 26.8. The largest absolute Gasteiger partial charge is 0.309 e. The molecule has 6 aromatic carbocycles. The van der Waals surface area contributed by atoms with Crippen LogP contribution in [0.1, 0.15) is 0 Å². The molecule has 5 heteroatoms. The third-order valence-corrected chi connectivity index (χ3v) is 14.4. The maximum Gasteiger partial charge on any atom is 0.159 e. The number of hydrogen-bond donors (Lipinski definition) is 0. The summed E-state index contributed by atoms with van der Waals surface area (Å²) >= 11 is 1.87. The van der Waals surface area contributed by atoms with Crippen molar-refractivity contribution in [1.82, 2.24) is 14.5 Å². The number of fused-ring (bicyclic) bond motifs is 9. The van der Waals surface area contributed by atoms with Gasteiger partial charge in [0.15, 0.2) is 5.82 Å². The van der Waals surface area contributed by atoms with Gasteiger partial charge in [-0.1, -0.05) is 116 Å². The van der Waals surface area contributed by atoms with Gasteiger partial charge in [-0.25, -0.2) is 9.97 Å². The van der Waals surface area contributed by atoms with Crippen LogP contribution in [0.25, 0.3) is 81.4 Å². The Balaban J connectivity index is 1.26. The first-order chi connectivity index (χ1) is 23.1. The number of aromatic nitrogens is 3. The minimum atomic E-state index is -2.05. The van der Waals surface area contributed by atoms with Gasteiger partial charge >= 0.3 is 0 Å². The van der Waals surface area contributed by atoms with E-state index in [0.717, 1.165) is 28.3 Å². The molecule has 0 unspecified atom stereocenters. The lowest BCUT2D eigenvalue weighted by Gasteiger charge is -2.19. The van der Waals surface area contributed by atoms with E-state index in [9.17, 15) is 0 Å². The molecule has 10 rings (SSSR count). The molecule has 9 aromatic rings. The van der Waals surface area contributed by atoms with E-state index in [1.54, 1.807) is 0 Å². The molecule has 47 heavy (non-hydrogen) atoms. The Morgan fingerprint density at radius 1 is 0.553 bits per heavy atom. The highest BCUT2D eigenvalue weighted by atomic mass is 32.1. The highest BCUT2D eigenvalue weighted by molar-refractivity contribution is 7.25. The molecule has 1 aliphatic rings. The minimum absolute atomic E-state index is 0.793. The van der Waals surface area contributed by atoms with Gasteiger partial charge in [0.1, 0.15) is 8.07 Å². The Hall–Kier alpha value is -5.36. The molecule has 0 aliphatic carbocycles. The maximum absolute atomic E-state index is 5.37. The Kier molecular flexibility index (Phi) is 5.60. The van der Waals surface area contributed by atoms with E-state index in [4.69, 9.17) is 9.97 Å². The van der Waals surface area contributed by atoms with Crippen molar-refractivity contribution in [3.63, 3.8) is 0 Å². The normalized spacial score (nSPS) is 13.5. The van der Waals surface area contributed by atoms with Crippen LogP contribution in [0.15, 0.2) is 140 Å². The van der Waals surface area contributed by atoms with E-state index in [1.165, 1.54) is 63.6 Å². The van der Waals surface area contributed by atoms with Gasteiger partial charge in [0, 0.05) is 58.6 Å². The lowest BCUT2D eigenvalue weighted by molar-refractivity contribution is 1.17. The van der Waals surface area contributed by atoms with Crippen LogP contribution in [0.3, 0.4) is 0 Å². The molecule has 0 bridgehead atoms. The third kappa shape index (κ3) is 3.84. The van der Waals surface area contributed by atoms with Crippen molar-refractivity contribution in [2.75, 3.05) is 0 Å². The van der Waals surface area contributed by atoms with Crippen molar-refractivity contribution in [3.05, 3.63) is 140 Å². The summed E-state index contributed by atoms with van der Waals surface area (Å²) in [7, 11) is -2.05. The van der Waals surface area contributed by atoms with E-state index in [1.807, 2.05) is 17.4 Å². The second kappa shape index (κ2) is 9.82. The number of hydrogen-bond acceptors (Lipinski definition) is 3. The molecule has 0 spiro atoms. The van der Waals surface area contributed by atoms with E-state index in [-0.39, 0.29) is 0 Å². The first-order valence-corrected chi connectivity index (χ1v) is 19.9. The molecule has 3 aromatic heterocycles. The van der Waals surface area contributed by atoms with Gasteiger partial charge in [-0.15, -0.1) is 11.3 Å². The molecule has 0 atom stereocenters. The van der Waals surface area contributed by atoms with Crippen LogP contribution in [0, 0.1) is 0 Å². The van der Waals surface area contributed by atoms with Crippen molar-refractivity contribution in [2.24, 2.45) is 0 Å². The standard InChI is InChI=1S/C42H29N3SSi/c1-47(2)38-22-11-8-19-31(38)39-40(43-41(44-42(39)47)26-13-4-3-5-14-26)27-15-12-16-28(23-27)45-34-20-9-6-17-29(34)32-25-37-33(24-35(32)45)30-18-7-10-21-36(30)46-37/h3-25H,1-2H3.